The Kier molecular flexibility index (Phi) is 3.26. The van der Waals surface area contributed by atoms with Crippen LogP contribution in [0, 0.1) is 11.3 Å². The molecule has 2 rings (SSSR count). The number of thiazole rings is 1. The van der Waals surface area contributed by atoms with E-state index in [0.29, 0.717) is 10.8 Å². The molecule has 0 aliphatic heterocycles. The molecule has 2 aromatic rings. The Labute approximate surface area is 107 Å². The molecule has 0 unspecified atom stereocenters. The van der Waals surface area contributed by atoms with Crippen LogP contribution in [0.1, 0.15) is 15.4 Å². The van der Waals surface area contributed by atoms with E-state index in [2.05, 4.69) is 4.98 Å². The van der Waals surface area contributed by atoms with Gasteiger partial charge >= 0.3 is 5.97 Å². The normalized spacial score (nSPS) is 9.78. The third kappa shape index (κ3) is 2.17. The highest BCUT2D eigenvalue weighted by Gasteiger charge is 2.18. The van der Waals surface area contributed by atoms with Crippen LogP contribution in [-0.4, -0.2) is 23.2 Å². The molecule has 0 aliphatic carbocycles. The van der Waals surface area contributed by atoms with Crippen molar-refractivity contribution in [1.29, 1.82) is 5.26 Å². The molecule has 1 aromatic heterocycles. The van der Waals surface area contributed by atoms with Crippen molar-refractivity contribution in [3.63, 3.8) is 0 Å². The summed E-state index contributed by atoms with van der Waals surface area (Å²) >= 11 is 1.05. The van der Waals surface area contributed by atoms with E-state index in [1.807, 2.05) is 6.07 Å². The Morgan fingerprint density at radius 1 is 1.56 bits per heavy atom. The lowest BCUT2D eigenvalue weighted by atomic mass is 10.2. The highest BCUT2D eigenvalue weighted by molar-refractivity contribution is 7.15. The summed E-state index contributed by atoms with van der Waals surface area (Å²) in [5, 5.41) is 18.3. The molecule has 90 valence electrons. The van der Waals surface area contributed by atoms with Crippen LogP contribution in [0.2, 0.25) is 0 Å². The van der Waals surface area contributed by atoms with Gasteiger partial charge in [-0.2, -0.15) is 5.26 Å². The molecular formula is C12H8N2O3S. The highest BCUT2D eigenvalue weighted by Crippen LogP contribution is 2.29. The van der Waals surface area contributed by atoms with Gasteiger partial charge in [0.1, 0.15) is 21.7 Å². The fourth-order valence-corrected chi connectivity index (χ4v) is 2.27. The van der Waals surface area contributed by atoms with Crippen molar-refractivity contribution in [2.45, 2.75) is 0 Å². The van der Waals surface area contributed by atoms with Crippen LogP contribution in [0.3, 0.4) is 0 Å². The second-order valence-corrected chi connectivity index (χ2v) is 4.34. The number of nitrogens with zero attached hydrogens (tertiary/aromatic N) is 2. The van der Waals surface area contributed by atoms with E-state index in [4.69, 9.17) is 15.1 Å². The molecule has 0 amide bonds. The molecule has 0 spiro atoms. The first-order valence-corrected chi connectivity index (χ1v) is 5.76. The van der Waals surface area contributed by atoms with Crippen molar-refractivity contribution in [3.8, 4) is 22.4 Å². The Bertz CT molecular complexity index is 643. The number of carboxylic acids is 1. The molecule has 0 atom stereocenters. The summed E-state index contributed by atoms with van der Waals surface area (Å²) in [6.07, 6.45) is 0. The van der Waals surface area contributed by atoms with Crippen LogP contribution in [0.25, 0.3) is 10.6 Å². The second kappa shape index (κ2) is 4.85. The highest BCUT2D eigenvalue weighted by atomic mass is 32.1. The van der Waals surface area contributed by atoms with Gasteiger partial charge in [-0.3, -0.25) is 0 Å². The first-order valence-electron chi connectivity index (χ1n) is 4.94. The summed E-state index contributed by atoms with van der Waals surface area (Å²) in [4.78, 5) is 15.0. The Morgan fingerprint density at radius 3 is 2.89 bits per heavy atom. The minimum absolute atomic E-state index is 0.0975. The number of aromatic nitrogens is 1. The zero-order chi connectivity index (χ0) is 13.1. The minimum Gasteiger partial charge on any atom is -0.497 e. The third-order valence-electron chi connectivity index (χ3n) is 2.25. The number of rotatable bonds is 3. The van der Waals surface area contributed by atoms with Crippen LogP contribution in [0.4, 0.5) is 0 Å². The maximum Gasteiger partial charge on any atom is 0.356 e. The zero-order valence-electron chi connectivity index (χ0n) is 9.38. The van der Waals surface area contributed by atoms with Gasteiger partial charge in [-0.05, 0) is 12.1 Å². The number of carboxylic acid groups (broad SMARTS) is 1. The molecule has 0 fully saturated rings. The van der Waals surface area contributed by atoms with Gasteiger partial charge in [0.05, 0.1) is 7.11 Å². The molecule has 0 radical (unpaired) electrons. The van der Waals surface area contributed by atoms with Gasteiger partial charge < -0.3 is 9.84 Å². The first kappa shape index (κ1) is 12.1. The SMILES string of the molecule is COc1cccc(-c2nc(C(=O)O)c(C#N)s2)c1. The monoisotopic (exact) mass is 260 g/mol. The van der Waals surface area contributed by atoms with Crippen molar-refractivity contribution >= 4 is 17.3 Å². The van der Waals surface area contributed by atoms with Gasteiger partial charge in [0, 0.05) is 5.56 Å². The van der Waals surface area contributed by atoms with Crippen molar-refractivity contribution in [3.05, 3.63) is 34.8 Å². The predicted molar refractivity (Wildman–Crippen MR) is 65.8 cm³/mol. The molecule has 1 N–H and O–H groups in total. The summed E-state index contributed by atoms with van der Waals surface area (Å²) in [7, 11) is 1.55. The van der Waals surface area contributed by atoms with Crippen LogP contribution in [0.5, 0.6) is 5.75 Å². The summed E-state index contributed by atoms with van der Waals surface area (Å²) in [6, 6.07) is 8.93. The van der Waals surface area contributed by atoms with Gasteiger partial charge in [0.25, 0.3) is 0 Å². The number of methoxy groups -OCH3 is 1. The van der Waals surface area contributed by atoms with Crippen molar-refractivity contribution < 1.29 is 14.6 Å². The smallest absolute Gasteiger partial charge is 0.356 e. The van der Waals surface area contributed by atoms with Gasteiger partial charge in [0.15, 0.2) is 5.69 Å². The average Bonchev–Trinajstić information content (AvgIpc) is 2.83. The van der Waals surface area contributed by atoms with Gasteiger partial charge in [-0.15, -0.1) is 11.3 Å². The van der Waals surface area contributed by atoms with E-state index in [9.17, 15) is 4.79 Å². The molecule has 1 heterocycles. The Morgan fingerprint density at radius 2 is 2.33 bits per heavy atom. The average molecular weight is 260 g/mol. The lowest BCUT2D eigenvalue weighted by Gasteiger charge is -2.00. The quantitative estimate of drug-likeness (QED) is 0.916. The molecule has 1 aromatic carbocycles. The van der Waals surface area contributed by atoms with E-state index in [0.717, 1.165) is 16.9 Å². The molecule has 5 nitrogen and oxygen atoms in total. The van der Waals surface area contributed by atoms with Crippen LogP contribution >= 0.6 is 11.3 Å². The standard InChI is InChI=1S/C12H8N2O3S/c1-17-8-4-2-3-7(5-8)11-14-10(12(15)16)9(6-13)18-11/h2-5H,1H3,(H,15,16). The zero-order valence-corrected chi connectivity index (χ0v) is 10.2. The number of ether oxygens (including phenoxy) is 1. The number of hydrogen-bond acceptors (Lipinski definition) is 5. The summed E-state index contributed by atoms with van der Waals surface area (Å²) in [6.45, 7) is 0. The number of hydrogen-bond donors (Lipinski definition) is 1. The Balaban J connectivity index is 2.51. The van der Waals surface area contributed by atoms with Crippen LogP contribution in [-0.2, 0) is 0 Å². The van der Waals surface area contributed by atoms with Crippen molar-refractivity contribution in [2.24, 2.45) is 0 Å². The fourth-order valence-electron chi connectivity index (χ4n) is 1.42. The summed E-state index contributed by atoms with van der Waals surface area (Å²) < 4.78 is 5.08. The van der Waals surface area contributed by atoms with E-state index in [1.54, 1.807) is 31.4 Å². The molecule has 0 aliphatic rings. The van der Waals surface area contributed by atoms with Crippen LogP contribution < -0.4 is 4.74 Å². The van der Waals surface area contributed by atoms with E-state index in [1.165, 1.54) is 0 Å². The van der Waals surface area contributed by atoms with Gasteiger partial charge in [0.2, 0.25) is 0 Å². The van der Waals surface area contributed by atoms with Gasteiger partial charge in [-0.1, -0.05) is 12.1 Å². The van der Waals surface area contributed by atoms with Gasteiger partial charge in [-0.25, -0.2) is 9.78 Å². The van der Waals surface area contributed by atoms with E-state index < -0.39 is 5.97 Å². The summed E-state index contributed by atoms with van der Waals surface area (Å²) in [5.74, 6) is -0.546. The predicted octanol–water partition coefficient (Wildman–Crippen LogP) is 2.39. The topological polar surface area (TPSA) is 83.2 Å². The molecular weight excluding hydrogens is 252 g/mol. The lowest BCUT2D eigenvalue weighted by molar-refractivity contribution is 0.0691. The maximum atomic E-state index is 10.9. The molecule has 0 bridgehead atoms. The van der Waals surface area contributed by atoms with E-state index in [-0.39, 0.29) is 10.6 Å². The largest absolute Gasteiger partial charge is 0.497 e. The molecule has 6 heteroatoms. The number of nitriles is 1. The minimum atomic E-state index is -1.20. The van der Waals surface area contributed by atoms with Crippen molar-refractivity contribution in [1.82, 2.24) is 4.98 Å². The number of aromatic carboxylic acids is 1. The molecule has 0 saturated heterocycles. The van der Waals surface area contributed by atoms with E-state index >= 15 is 0 Å². The van der Waals surface area contributed by atoms with Crippen LogP contribution in [0.15, 0.2) is 24.3 Å². The van der Waals surface area contributed by atoms with Crippen molar-refractivity contribution in [2.75, 3.05) is 7.11 Å². The molecule has 18 heavy (non-hydrogen) atoms. The lowest BCUT2D eigenvalue weighted by Crippen LogP contribution is -1.98. The maximum absolute atomic E-state index is 10.9. The second-order valence-electron chi connectivity index (χ2n) is 3.35. The fraction of sp³-hybridized carbons (Fsp3) is 0.0833. The molecule has 0 saturated carbocycles. The Hall–Kier alpha value is -2.39. The summed E-state index contributed by atoms with van der Waals surface area (Å²) in [5.41, 5.74) is 0.517. The number of carbonyl (C=O) groups is 1. The third-order valence-corrected chi connectivity index (χ3v) is 3.26. The first-order chi connectivity index (χ1) is 8.65. The number of benzene rings is 1.